The summed E-state index contributed by atoms with van der Waals surface area (Å²) in [4.78, 5) is 3.96. The van der Waals surface area contributed by atoms with Gasteiger partial charge >= 0.3 is 0 Å². The molecule has 0 bridgehead atoms. The summed E-state index contributed by atoms with van der Waals surface area (Å²) in [5.74, 6) is 0. The lowest BCUT2D eigenvalue weighted by atomic mass is 9.92. The summed E-state index contributed by atoms with van der Waals surface area (Å²) in [6.45, 7) is 1.27. The Bertz CT molecular complexity index is 300. The zero-order chi connectivity index (χ0) is 9.47. The predicted molar refractivity (Wildman–Crippen MR) is 49.7 cm³/mol. The van der Waals surface area contributed by atoms with Crippen LogP contribution < -0.4 is 5.32 Å². The molecule has 1 aromatic rings. The molecule has 0 spiro atoms. The molecule has 2 N–H and O–H groups in total. The number of nitrogens with one attached hydrogen (secondary N) is 1. The number of hydrogen-bond acceptors (Lipinski definition) is 3. The van der Waals surface area contributed by atoms with Gasteiger partial charge in [0.15, 0.2) is 0 Å². The van der Waals surface area contributed by atoms with Crippen molar-refractivity contribution in [2.45, 2.75) is 12.0 Å². The Morgan fingerprint density at radius 1 is 1.77 bits per heavy atom. The van der Waals surface area contributed by atoms with E-state index in [1.165, 1.54) is 0 Å². The van der Waals surface area contributed by atoms with Gasteiger partial charge in [0.25, 0.3) is 0 Å². The Morgan fingerprint density at radius 3 is 2.85 bits per heavy atom. The van der Waals surface area contributed by atoms with Gasteiger partial charge in [-0.2, -0.15) is 0 Å². The lowest BCUT2D eigenvalue weighted by Crippen LogP contribution is -2.60. The van der Waals surface area contributed by atoms with Gasteiger partial charge in [0, 0.05) is 26.6 Å². The molecule has 5 heteroatoms. The van der Waals surface area contributed by atoms with Crippen molar-refractivity contribution in [1.29, 1.82) is 0 Å². The first kappa shape index (κ1) is 8.99. The molecule has 0 aliphatic carbocycles. The highest BCUT2D eigenvalue weighted by atomic mass is 35.5. The zero-order valence-electron chi connectivity index (χ0n) is 7.42. The highest BCUT2D eigenvalue weighted by Gasteiger charge is 2.35. The first-order chi connectivity index (χ1) is 6.11. The lowest BCUT2D eigenvalue weighted by Gasteiger charge is -2.37. The molecule has 13 heavy (non-hydrogen) atoms. The van der Waals surface area contributed by atoms with Crippen LogP contribution in [0.3, 0.4) is 0 Å². The normalized spacial score (nSPS) is 19.9. The van der Waals surface area contributed by atoms with Gasteiger partial charge in [-0.25, -0.2) is 4.98 Å². The van der Waals surface area contributed by atoms with Gasteiger partial charge in [0.1, 0.15) is 5.15 Å². The third kappa shape index (κ3) is 1.57. The third-order valence-electron chi connectivity index (χ3n) is 2.41. The molecule has 4 nitrogen and oxygen atoms in total. The first-order valence-corrected chi connectivity index (χ1v) is 4.57. The molecule has 1 fully saturated rings. The number of aryl methyl sites for hydroxylation is 1. The van der Waals surface area contributed by atoms with Crippen molar-refractivity contribution in [3.05, 3.63) is 17.2 Å². The van der Waals surface area contributed by atoms with E-state index in [2.05, 4.69) is 10.3 Å². The Hall–Kier alpha value is -0.580. The van der Waals surface area contributed by atoms with Crippen LogP contribution in [-0.4, -0.2) is 33.3 Å². The quantitative estimate of drug-likeness (QED) is 0.706. The second kappa shape index (κ2) is 2.97. The Kier molecular flexibility index (Phi) is 2.06. The van der Waals surface area contributed by atoms with Gasteiger partial charge in [-0.05, 0) is 0 Å². The summed E-state index contributed by atoms with van der Waals surface area (Å²) >= 11 is 5.87. The predicted octanol–water partition coefficient (Wildman–Crippen LogP) is -0.0497. The van der Waals surface area contributed by atoms with E-state index in [9.17, 15) is 5.11 Å². The molecule has 2 heterocycles. The van der Waals surface area contributed by atoms with Crippen molar-refractivity contribution < 1.29 is 5.11 Å². The van der Waals surface area contributed by atoms with Crippen molar-refractivity contribution >= 4 is 11.6 Å². The number of aliphatic hydroxyl groups is 1. The number of halogens is 1. The molecule has 1 saturated heterocycles. The van der Waals surface area contributed by atoms with Crippen LogP contribution in [0.2, 0.25) is 5.15 Å². The van der Waals surface area contributed by atoms with Crippen LogP contribution >= 0.6 is 11.6 Å². The van der Waals surface area contributed by atoms with Gasteiger partial charge in [-0.1, -0.05) is 11.6 Å². The molecule has 2 rings (SSSR count). The molecular formula is C8H12ClN3O. The number of imidazole rings is 1. The van der Waals surface area contributed by atoms with E-state index in [4.69, 9.17) is 11.6 Å². The van der Waals surface area contributed by atoms with E-state index in [1.807, 2.05) is 11.6 Å². The van der Waals surface area contributed by atoms with Crippen molar-refractivity contribution in [3.63, 3.8) is 0 Å². The molecule has 0 atom stereocenters. The van der Waals surface area contributed by atoms with Crippen molar-refractivity contribution in [1.82, 2.24) is 14.9 Å². The number of rotatable bonds is 2. The summed E-state index contributed by atoms with van der Waals surface area (Å²) in [5.41, 5.74) is 0.267. The summed E-state index contributed by atoms with van der Waals surface area (Å²) in [6.07, 6.45) is 2.22. The fraction of sp³-hybridized carbons (Fsp3) is 0.625. The third-order valence-corrected chi connectivity index (χ3v) is 2.73. The Morgan fingerprint density at radius 2 is 2.46 bits per heavy atom. The van der Waals surface area contributed by atoms with Crippen LogP contribution in [0.25, 0.3) is 0 Å². The second-order valence-corrected chi connectivity index (χ2v) is 3.96. The molecule has 0 unspecified atom stereocenters. The minimum absolute atomic E-state index is 0.489. The number of nitrogens with zero attached hydrogens (tertiary/aromatic N) is 2. The molecule has 1 aliphatic rings. The number of aromatic nitrogens is 2. The monoisotopic (exact) mass is 201 g/mol. The fourth-order valence-corrected chi connectivity index (χ4v) is 1.72. The summed E-state index contributed by atoms with van der Waals surface area (Å²) < 4.78 is 1.85. The molecule has 0 saturated carbocycles. The van der Waals surface area contributed by atoms with Crippen LogP contribution in [-0.2, 0) is 13.5 Å². The molecule has 72 valence electrons. The Labute approximate surface area is 81.5 Å². The maximum atomic E-state index is 9.87. The number of β-amino-alcohol motifs (C(OH)–C–C–N with tert-alkyl or cyclic N) is 1. The molecule has 1 aromatic heterocycles. The first-order valence-electron chi connectivity index (χ1n) is 4.19. The van der Waals surface area contributed by atoms with E-state index in [0.29, 0.717) is 24.7 Å². The van der Waals surface area contributed by atoms with E-state index < -0.39 is 5.60 Å². The number of hydrogen-bond donors (Lipinski definition) is 2. The van der Waals surface area contributed by atoms with Crippen LogP contribution in [0.15, 0.2) is 6.33 Å². The maximum absolute atomic E-state index is 9.87. The zero-order valence-corrected chi connectivity index (χ0v) is 8.17. The lowest BCUT2D eigenvalue weighted by molar-refractivity contribution is -0.0103. The highest BCUT2D eigenvalue weighted by molar-refractivity contribution is 6.30. The van der Waals surface area contributed by atoms with Gasteiger partial charge in [-0.15, -0.1) is 0 Å². The summed E-state index contributed by atoms with van der Waals surface area (Å²) in [5, 5.41) is 13.4. The van der Waals surface area contributed by atoms with Crippen molar-refractivity contribution in [3.8, 4) is 0 Å². The van der Waals surface area contributed by atoms with Crippen LogP contribution in [0.5, 0.6) is 0 Å². The average molecular weight is 202 g/mol. The standard InChI is InChI=1S/C8H12ClN3O/c1-12-5-11-7(9)6(12)2-8(13)3-10-4-8/h5,10,13H,2-4H2,1H3. The summed E-state index contributed by atoms with van der Waals surface area (Å²) in [6, 6.07) is 0. The molecule has 1 aliphatic heterocycles. The molecule has 0 aromatic carbocycles. The molecule has 0 radical (unpaired) electrons. The minimum atomic E-state index is -0.628. The van der Waals surface area contributed by atoms with Gasteiger partial charge < -0.3 is 15.0 Å². The van der Waals surface area contributed by atoms with Gasteiger partial charge in [0.2, 0.25) is 0 Å². The smallest absolute Gasteiger partial charge is 0.150 e. The van der Waals surface area contributed by atoms with E-state index in [1.54, 1.807) is 6.33 Å². The van der Waals surface area contributed by atoms with E-state index in [-0.39, 0.29) is 0 Å². The maximum Gasteiger partial charge on any atom is 0.150 e. The van der Waals surface area contributed by atoms with Crippen LogP contribution in [0.4, 0.5) is 0 Å². The topological polar surface area (TPSA) is 50.1 Å². The molecule has 0 amide bonds. The second-order valence-electron chi connectivity index (χ2n) is 3.60. The van der Waals surface area contributed by atoms with Crippen molar-refractivity contribution in [2.75, 3.05) is 13.1 Å². The highest BCUT2D eigenvalue weighted by Crippen LogP contribution is 2.22. The summed E-state index contributed by atoms with van der Waals surface area (Å²) in [7, 11) is 1.88. The van der Waals surface area contributed by atoms with Crippen LogP contribution in [0, 0.1) is 0 Å². The average Bonchev–Trinajstić information content (AvgIpc) is 2.33. The largest absolute Gasteiger partial charge is 0.387 e. The van der Waals surface area contributed by atoms with E-state index in [0.717, 1.165) is 5.69 Å². The Balaban J connectivity index is 2.17. The van der Waals surface area contributed by atoms with Gasteiger partial charge in [0.05, 0.1) is 17.6 Å². The van der Waals surface area contributed by atoms with Crippen LogP contribution in [0.1, 0.15) is 5.69 Å². The van der Waals surface area contributed by atoms with Crippen molar-refractivity contribution in [2.24, 2.45) is 7.05 Å². The van der Waals surface area contributed by atoms with Gasteiger partial charge in [-0.3, -0.25) is 0 Å². The van der Waals surface area contributed by atoms with E-state index >= 15 is 0 Å². The SMILES string of the molecule is Cn1cnc(Cl)c1CC1(O)CNC1. The fourth-order valence-electron chi connectivity index (χ4n) is 1.47. The minimum Gasteiger partial charge on any atom is -0.387 e. The molecular weight excluding hydrogens is 190 g/mol.